The van der Waals surface area contributed by atoms with Crippen LogP contribution in [0.25, 0.3) is 0 Å². The van der Waals surface area contributed by atoms with Crippen LogP contribution in [0.1, 0.15) is 58.1 Å². The van der Waals surface area contributed by atoms with E-state index in [1.165, 1.54) is 17.6 Å². The van der Waals surface area contributed by atoms with Crippen LogP contribution in [0.3, 0.4) is 0 Å². The Hall–Kier alpha value is -3.23. The number of methoxy groups -OCH3 is 1. The molecule has 3 fully saturated rings. The second-order valence-electron chi connectivity index (χ2n) is 16.2. The number of para-hydroxylation sites is 2. The summed E-state index contributed by atoms with van der Waals surface area (Å²) >= 11 is 6.49. The molecule has 3 N–H and O–H groups in total. The second-order valence-corrected chi connectivity index (χ2v) is 16.6. The Labute approximate surface area is 323 Å². The molecular formula is C41H55ClN4O8. The minimum Gasteiger partial charge on any atom is -0.496 e. The predicted octanol–water partition coefficient (Wildman–Crippen LogP) is 4.26. The van der Waals surface area contributed by atoms with Crippen molar-refractivity contribution in [3.63, 3.8) is 0 Å². The van der Waals surface area contributed by atoms with Crippen LogP contribution in [-0.2, 0) is 36.0 Å². The van der Waals surface area contributed by atoms with E-state index in [0.29, 0.717) is 16.3 Å². The number of carbonyl (C=O) groups is 2. The van der Waals surface area contributed by atoms with Crippen LogP contribution in [0.2, 0.25) is 5.02 Å². The first-order chi connectivity index (χ1) is 25.7. The summed E-state index contributed by atoms with van der Waals surface area (Å²) in [5.74, 6) is -0.526. The van der Waals surface area contributed by atoms with Gasteiger partial charge < -0.3 is 29.3 Å². The van der Waals surface area contributed by atoms with Crippen molar-refractivity contribution in [3.05, 3.63) is 70.3 Å². The normalized spacial score (nSPS) is 34.6. The maximum atomic E-state index is 14.2. The lowest BCUT2D eigenvalue weighted by Gasteiger charge is -2.56. The molecule has 0 amide bonds. The first-order valence-corrected chi connectivity index (χ1v) is 19.6. The molecule has 54 heavy (non-hydrogen) atoms. The van der Waals surface area contributed by atoms with Crippen molar-refractivity contribution in [2.75, 3.05) is 51.9 Å². The van der Waals surface area contributed by atoms with E-state index in [1.807, 2.05) is 26.0 Å². The fraction of sp³-hybridized carbons (Fsp3) is 0.610. The number of fused-ring (bicyclic) bond motifs is 4. The van der Waals surface area contributed by atoms with Crippen molar-refractivity contribution in [1.29, 1.82) is 0 Å². The monoisotopic (exact) mass is 766 g/mol. The number of halogens is 1. The smallest absolute Gasteiger partial charge is 0.323 e. The highest BCUT2D eigenvalue weighted by molar-refractivity contribution is 6.33. The zero-order valence-corrected chi connectivity index (χ0v) is 32.9. The lowest BCUT2D eigenvalue weighted by molar-refractivity contribution is -0.225. The maximum absolute atomic E-state index is 14.2. The average molecular weight is 767 g/mol. The number of hydrogen-bond donors (Lipinski definition) is 3. The first kappa shape index (κ1) is 39.0. The fourth-order valence-corrected chi connectivity index (χ4v) is 10.2. The van der Waals surface area contributed by atoms with Crippen LogP contribution in [0.15, 0.2) is 54.1 Å². The Morgan fingerprint density at radius 2 is 1.78 bits per heavy atom. The summed E-state index contributed by atoms with van der Waals surface area (Å²) in [6.07, 6.45) is 0.601. The van der Waals surface area contributed by atoms with Crippen molar-refractivity contribution in [2.45, 2.75) is 89.2 Å². The molecule has 1 saturated carbocycles. The number of benzene rings is 2. The predicted molar refractivity (Wildman–Crippen MR) is 204 cm³/mol. The van der Waals surface area contributed by atoms with E-state index in [2.05, 4.69) is 40.2 Å². The molecule has 7 rings (SSSR count). The van der Waals surface area contributed by atoms with E-state index < -0.39 is 47.6 Å². The standard InChI is InChI=1S/C41H55ClN4O8/c1-24-20-31-29(25(2)22-45-16-18-46(19-17-45)23-28-10-7-8-13-34(28)51-6)15-14-26(3)41(31,50)37(36(24)52-27(4)47)53-38(48)33-21-40(49)30-11-9-12-32(42)35(30)44(5)54-39(40)43-33/h7-13,20,25-26,29,31,33,36-37,39,43,49-50H,14-19,21-23H2,1-6H3/t25?,26-,29+,31-,33+,36-,37+,39-,40-,41-/m1/s1. The molecule has 2 aromatic rings. The van der Waals surface area contributed by atoms with Crippen molar-refractivity contribution in [1.82, 2.24) is 15.1 Å². The summed E-state index contributed by atoms with van der Waals surface area (Å²) < 4.78 is 17.8. The third-order valence-electron chi connectivity index (χ3n) is 12.8. The van der Waals surface area contributed by atoms with E-state index in [1.54, 1.807) is 32.4 Å². The van der Waals surface area contributed by atoms with E-state index in [4.69, 9.17) is 30.6 Å². The number of nitrogens with zero attached hydrogens (tertiary/aromatic N) is 3. The summed E-state index contributed by atoms with van der Waals surface area (Å²) in [4.78, 5) is 37.6. The van der Waals surface area contributed by atoms with Gasteiger partial charge in [-0.1, -0.05) is 61.9 Å². The van der Waals surface area contributed by atoms with Gasteiger partial charge in [-0.3, -0.25) is 29.7 Å². The first-order valence-electron chi connectivity index (χ1n) is 19.3. The number of piperazine rings is 1. The number of aliphatic hydroxyl groups is 2. The summed E-state index contributed by atoms with van der Waals surface area (Å²) in [6, 6.07) is 12.4. The topological polar surface area (TPSA) is 133 Å². The summed E-state index contributed by atoms with van der Waals surface area (Å²) in [5.41, 5.74) is -0.0623. The Morgan fingerprint density at radius 3 is 2.50 bits per heavy atom. The second kappa shape index (κ2) is 15.4. The van der Waals surface area contributed by atoms with Crippen LogP contribution in [0.4, 0.5) is 5.69 Å². The van der Waals surface area contributed by atoms with Crippen LogP contribution in [-0.4, -0.2) is 109 Å². The molecule has 0 radical (unpaired) electrons. The Balaban J connectivity index is 1.07. The van der Waals surface area contributed by atoms with Gasteiger partial charge in [0.05, 0.1) is 17.8 Å². The summed E-state index contributed by atoms with van der Waals surface area (Å²) in [7, 11) is 3.41. The molecule has 0 spiro atoms. The molecule has 5 aliphatic rings. The minimum atomic E-state index is -1.56. The van der Waals surface area contributed by atoms with Gasteiger partial charge in [-0.05, 0) is 55.2 Å². The number of hydroxylamine groups is 1. The van der Waals surface area contributed by atoms with Crippen molar-refractivity contribution in [2.24, 2.45) is 23.7 Å². The Morgan fingerprint density at radius 1 is 1.06 bits per heavy atom. The number of ether oxygens (including phenoxy) is 3. The molecule has 3 aliphatic heterocycles. The minimum absolute atomic E-state index is 0.0410. The van der Waals surface area contributed by atoms with E-state index in [0.717, 1.165) is 63.4 Å². The molecule has 12 nitrogen and oxygen atoms in total. The molecule has 3 heterocycles. The van der Waals surface area contributed by atoms with Gasteiger partial charge >= 0.3 is 11.9 Å². The van der Waals surface area contributed by atoms with Gasteiger partial charge in [-0.15, -0.1) is 0 Å². The van der Waals surface area contributed by atoms with Crippen LogP contribution >= 0.6 is 11.6 Å². The lowest BCUT2D eigenvalue weighted by Crippen LogP contribution is -2.66. The van der Waals surface area contributed by atoms with Crippen molar-refractivity contribution in [3.8, 4) is 5.75 Å². The number of hydrogen-bond acceptors (Lipinski definition) is 12. The third-order valence-corrected chi connectivity index (χ3v) is 13.1. The molecule has 2 aromatic carbocycles. The van der Waals surface area contributed by atoms with Crippen LogP contribution in [0.5, 0.6) is 5.75 Å². The molecule has 2 saturated heterocycles. The van der Waals surface area contributed by atoms with E-state index in [-0.39, 0.29) is 30.1 Å². The number of rotatable bonds is 9. The maximum Gasteiger partial charge on any atom is 0.323 e. The number of esters is 2. The Bertz CT molecular complexity index is 1750. The molecule has 294 valence electrons. The number of carbonyl (C=O) groups excluding carboxylic acids is 2. The molecule has 1 unspecified atom stereocenters. The highest BCUT2D eigenvalue weighted by Gasteiger charge is 2.62. The van der Waals surface area contributed by atoms with E-state index in [9.17, 15) is 19.8 Å². The van der Waals surface area contributed by atoms with Gasteiger partial charge in [0.1, 0.15) is 23.0 Å². The summed E-state index contributed by atoms with van der Waals surface area (Å²) in [6.45, 7) is 13.0. The van der Waals surface area contributed by atoms with Gasteiger partial charge in [0.2, 0.25) is 0 Å². The lowest BCUT2D eigenvalue weighted by atomic mass is 9.55. The molecular weight excluding hydrogens is 712 g/mol. The third kappa shape index (κ3) is 7.04. The molecule has 10 atom stereocenters. The molecule has 13 heteroatoms. The SMILES string of the molecule is COc1ccccc1CN1CCN(CC(C)[C@@H]2CC[C@@H](C)[C@@]3(O)[C@@H]2C=C(C)[C@@H](OC(C)=O)[C@@H]3OC(=O)[C@@H]2C[C@@]3(O)c4cccc(Cl)c4N(C)O[C@H]3N2)CC1. The van der Waals surface area contributed by atoms with E-state index >= 15 is 0 Å². The van der Waals surface area contributed by atoms with Gasteiger partial charge in [0.25, 0.3) is 0 Å². The van der Waals surface area contributed by atoms with Crippen molar-refractivity contribution < 1.29 is 38.9 Å². The van der Waals surface area contributed by atoms with Gasteiger partial charge in [-0.25, -0.2) is 0 Å². The molecule has 0 aromatic heterocycles. The van der Waals surface area contributed by atoms with Crippen LogP contribution < -0.4 is 15.1 Å². The summed E-state index contributed by atoms with van der Waals surface area (Å²) in [5, 5.41) is 29.9. The Kier molecular flexibility index (Phi) is 11.1. The zero-order valence-electron chi connectivity index (χ0n) is 32.2. The number of nitrogens with one attached hydrogen (secondary N) is 1. The molecule has 0 bridgehead atoms. The highest BCUT2D eigenvalue weighted by Crippen LogP contribution is 2.53. The average Bonchev–Trinajstić information content (AvgIpc) is 3.49. The van der Waals surface area contributed by atoms with Gasteiger partial charge in [0.15, 0.2) is 18.4 Å². The largest absolute Gasteiger partial charge is 0.496 e. The molecule has 2 aliphatic carbocycles. The van der Waals surface area contributed by atoms with Gasteiger partial charge in [0, 0.05) is 76.7 Å². The van der Waals surface area contributed by atoms with Gasteiger partial charge in [-0.2, -0.15) is 0 Å². The van der Waals surface area contributed by atoms with Crippen LogP contribution in [0, 0.1) is 23.7 Å². The van der Waals surface area contributed by atoms with Crippen molar-refractivity contribution >= 4 is 29.2 Å². The quantitative estimate of drug-likeness (QED) is 0.249. The highest BCUT2D eigenvalue weighted by atomic mass is 35.5. The fourth-order valence-electron chi connectivity index (χ4n) is 9.91. The zero-order chi connectivity index (χ0) is 38.5. The number of anilines is 1.